The molecule has 0 saturated carbocycles. The van der Waals surface area contributed by atoms with E-state index in [2.05, 4.69) is 10.1 Å². The van der Waals surface area contributed by atoms with E-state index in [-0.39, 0.29) is 25.2 Å². The Balaban J connectivity index is 1.99. The second-order valence-electron chi connectivity index (χ2n) is 6.51. The molecule has 2 heterocycles. The number of nitrogens with zero attached hydrogens (tertiary/aromatic N) is 1. The predicted molar refractivity (Wildman–Crippen MR) is 86.1 cm³/mol. The molecule has 0 spiro atoms. The van der Waals surface area contributed by atoms with Gasteiger partial charge in [0.15, 0.2) is 0 Å². The fourth-order valence-corrected chi connectivity index (χ4v) is 5.07. The zero-order chi connectivity index (χ0) is 19.1. The van der Waals surface area contributed by atoms with E-state index >= 15 is 0 Å². The number of benzene rings is 1. The lowest BCUT2D eigenvalue weighted by molar-refractivity contribution is -0.138. The van der Waals surface area contributed by atoms with Crippen LogP contribution in [-0.4, -0.2) is 51.0 Å². The summed E-state index contributed by atoms with van der Waals surface area (Å²) < 4.78 is 71.3. The van der Waals surface area contributed by atoms with Crippen LogP contribution in [-0.2, 0) is 20.9 Å². The Morgan fingerprint density at radius 1 is 1.23 bits per heavy atom. The third-order valence-corrected chi connectivity index (χ3v) is 6.59. The first kappa shape index (κ1) is 19.1. The van der Waals surface area contributed by atoms with Crippen molar-refractivity contribution < 1.29 is 31.1 Å². The molecule has 2 atom stereocenters. The van der Waals surface area contributed by atoms with E-state index in [1.165, 1.54) is 4.31 Å². The quantitative estimate of drug-likeness (QED) is 0.797. The number of hydrogen-bond donors (Lipinski definition) is 1. The van der Waals surface area contributed by atoms with Crippen molar-refractivity contribution in [2.45, 2.75) is 42.4 Å². The van der Waals surface area contributed by atoms with Gasteiger partial charge in [-0.1, -0.05) is 6.42 Å². The second-order valence-corrected chi connectivity index (χ2v) is 8.45. The van der Waals surface area contributed by atoms with Gasteiger partial charge >= 0.3 is 12.1 Å². The predicted octanol–water partition coefficient (Wildman–Crippen LogP) is 2.01. The molecule has 2 unspecified atom stereocenters. The van der Waals surface area contributed by atoms with Gasteiger partial charge in [0.25, 0.3) is 0 Å². The molecule has 1 aromatic carbocycles. The number of piperidine rings is 1. The van der Waals surface area contributed by atoms with Crippen molar-refractivity contribution in [2.75, 3.05) is 20.2 Å². The van der Waals surface area contributed by atoms with Gasteiger partial charge in [-0.25, -0.2) is 13.2 Å². The van der Waals surface area contributed by atoms with Crippen LogP contribution in [0.3, 0.4) is 0 Å². The minimum absolute atomic E-state index is 0.00806. The molecule has 0 aliphatic carbocycles. The summed E-state index contributed by atoms with van der Waals surface area (Å²) in [5, 5.41) is 3.33. The van der Waals surface area contributed by atoms with E-state index in [0.717, 1.165) is 38.5 Å². The van der Waals surface area contributed by atoms with E-state index in [9.17, 15) is 26.4 Å². The molecule has 0 radical (unpaired) electrons. The number of alkyl halides is 3. The molecule has 0 aromatic heterocycles. The van der Waals surface area contributed by atoms with Crippen molar-refractivity contribution in [2.24, 2.45) is 0 Å². The Morgan fingerprint density at radius 3 is 2.38 bits per heavy atom. The molecule has 2 saturated heterocycles. The maximum absolute atomic E-state index is 13.3. The maximum Gasteiger partial charge on any atom is 0.417 e. The smallest absolute Gasteiger partial charge is 0.417 e. The first-order valence-corrected chi connectivity index (χ1v) is 9.62. The molecule has 144 valence electrons. The lowest BCUT2D eigenvalue weighted by Crippen LogP contribution is -2.59. The summed E-state index contributed by atoms with van der Waals surface area (Å²) in [4.78, 5) is 11.1. The Morgan fingerprint density at radius 2 is 1.85 bits per heavy atom. The average molecular weight is 392 g/mol. The highest BCUT2D eigenvalue weighted by Gasteiger charge is 2.40. The van der Waals surface area contributed by atoms with Crippen LogP contribution in [0.15, 0.2) is 23.1 Å². The molecule has 6 nitrogen and oxygen atoms in total. The van der Waals surface area contributed by atoms with Gasteiger partial charge in [-0.15, -0.1) is 0 Å². The number of carbonyl (C=O) groups excluding carboxylic acids is 1. The van der Waals surface area contributed by atoms with Crippen molar-refractivity contribution in [3.8, 4) is 0 Å². The van der Waals surface area contributed by atoms with Crippen LogP contribution in [0.25, 0.3) is 0 Å². The Labute approximate surface area is 149 Å². The molecule has 0 amide bonds. The first-order chi connectivity index (χ1) is 12.1. The van der Waals surface area contributed by atoms with Crippen LogP contribution in [0.4, 0.5) is 13.2 Å². The van der Waals surface area contributed by atoms with Crippen LogP contribution >= 0.6 is 0 Å². The molecule has 26 heavy (non-hydrogen) atoms. The lowest BCUT2D eigenvalue weighted by atomic mass is 9.96. The number of esters is 1. The van der Waals surface area contributed by atoms with Crippen LogP contribution < -0.4 is 5.32 Å². The van der Waals surface area contributed by atoms with E-state index in [0.29, 0.717) is 6.07 Å². The van der Waals surface area contributed by atoms with Crippen molar-refractivity contribution in [3.63, 3.8) is 0 Å². The zero-order valence-corrected chi connectivity index (χ0v) is 14.9. The van der Waals surface area contributed by atoms with Crippen LogP contribution in [0.5, 0.6) is 0 Å². The van der Waals surface area contributed by atoms with E-state index in [4.69, 9.17) is 0 Å². The standard InChI is InChI=1S/C16H19F3N2O4S/c1-25-15(22)13-6-5-12(7-14(13)16(17,18)19)26(23,24)21-8-10-3-2-4-11(9-21)20-10/h5-7,10-11,20H,2-4,8-9H2,1H3. The van der Waals surface area contributed by atoms with Crippen molar-refractivity contribution >= 4 is 16.0 Å². The maximum atomic E-state index is 13.3. The van der Waals surface area contributed by atoms with Gasteiger partial charge in [0.2, 0.25) is 10.0 Å². The minimum Gasteiger partial charge on any atom is -0.465 e. The molecule has 2 aliphatic rings. The number of carbonyl (C=O) groups is 1. The summed E-state index contributed by atoms with van der Waals surface area (Å²) in [5.74, 6) is -1.17. The summed E-state index contributed by atoms with van der Waals surface area (Å²) >= 11 is 0. The summed E-state index contributed by atoms with van der Waals surface area (Å²) in [5.41, 5.74) is -2.03. The van der Waals surface area contributed by atoms with Crippen molar-refractivity contribution in [3.05, 3.63) is 29.3 Å². The molecule has 1 N–H and O–H groups in total. The number of rotatable bonds is 3. The van der Waals surface area contributed by atoms with Gasteiger partial charge in [0, 0.05) is 25.2 Å². The zero-order valence-electron chi connectivity index (χ0n) is 14.0. The monoisotopic (exact) mass is 392 g/mol. The lowest BCUT2D eigenvalue weighted by Gasteiger charge is -2.41. The number of nitrogens with one attached hydrogen (secondary N) is 1. The van der Waals surface area contributed by atoms with Crippen molar-refractivity contribution in [1.29, 1.82) is 0 Å². The molecule has 3 rings (SSSR count). The summed E-state index contributed by atoms with van der Waals surface area (Å²) in [6.07, 6.45) is -2.22. The highest BCUT2D eigenvalue weighted by molar-refractivity contribution is 7.89. The van der Waals surface area contributed by atoms with Crippen molar-refractivity contribution in [1.82, 2.24) is 9.62 Å². The molecule has 2 aliphatic heterocycles. The third kappa shape index (κ3) is 3.58. The largest absolute Gasteiger partial charge is 0.465 e. The number of halogens is 3. The van der Waals surface area contributed by atoms with Gasteiger partial charge in [0.05, 0.1) is 23.1 Å². The SMILES string of the molecule is COC(=O)c1ccc(S(=O)(=O)N2CC3CCCC(C2)N3)cc1C(F)(F)F. The fraction of sp³-hybridized carbons (Fsp3) is 0.562. The highest BCUT2D eigenvalue weighted by Crippen LogP contribution is 2.35. The fourth-order valence-electron chi connectivity index (χ4n) is 3.52. The number of ether oxygens (including phenoxy) is 1. The van der Waals surface area contributed by atoms with Gasteiger partial charge in [-0.05, 0) is 31.0 Å². The molecule has 2 fully saturated rings. The van der Waals surface area contributed by atoms with E-state index in [1.54, 1.807) is 0 Å². The number of methoxy groups -OCH3 is 1. The molecule has 10 heteroatoms. The van der Waals surface area contributed by atoms with Gasteiger partial charge in [-0.2, -0.15) is 17.5 Å². The average Bonchev–Trinajstić information content (AvgIpc) is 2.59. The number of fused-ring (bicyclic) bond motifs is 2. The Hall–Kier alpha value is -1.65. The molecule has 2 bridgehead atoms. The van der Waals surface area contributed by atoms with E-state index < -0.39 is 38.2 Å². The minimum atomic E-state index is -4.88. The van der Waals surface area contributed by atoms with Gasteiger partial charge in [-0.3, -0.25) is 0 Å². The third-order valence-electron chi connectivity index (χ3n) is 4.76. The second kappa shape index (κ2) is 6.82. The number of piperazine rings is 1. The van der Waals surface area contributed by atoms with E-state index in [1.807, 2.05) is 0 Å². The van der Waals surface area contributed by atoms with Gasteiger partial charge in [0.1, 0.15) is 0 Å². The molecular formula is C16H19F3N2O4S. The van der Waals surface area contributed by atoms with Crippen LogP contribution in [0, 0.1) is 0 Å². The number of hydrogen-bond acceptors (Lipinski definition) is 5. The highest BCUT2D eigenvalue weighted by atomic mass is 32.2. The Bertz CT molecular complexity index is 798. The molecule has 1 aromatic rings. The molecular weight excluding hydrogens is 373 g/mol. The number of sulfonamides is 1. The summed E-state index contributed by atoms with van der Waals surface area (Å²) in [6.45, 7) is 0.442. The Kier molecular flexibility index (Phi) is 5.02. The van der Waals surface area contributed by atoms with Crippen LogP contribution in [0.2, 0.25) is 0 Å². The van der Waals surface area contributed by atoms with Gasteiger partial charge < -0.3 is 10.1 Å². The normalized spacial score (nSPS) is 24.3. The van der Waals surface area contributed by atoms with Crippen LogP contribution in [0.1, 0.15) is 35.2 Å². The summed E-state index contributed by atoms with van der Waals surface area (Å²) in [7, 11) is -3.13. The summed E-state index contributed by atoms with van der Waals surface area (Å²) in [6, 6.07) is 2.40. The first-order valence-electron chi connectivity index (χ1n) is 8.18. The topological polar surface area (TPSA) is 75.7 Å².